The molecule has 2 aromatic rings. The normalized spacial score (nSPS) is 14.1. The fraction of sp³-hybridized carbons (Fsp3) is 0.348. The molecule has 1 saturated carbocycles. The van der Waals surface area contributed by atoms with Crippen molar-refractivity contribution in [1.29, 1.82) is 0 Å². The molecule has 1 aliphatic rings. The molecule has 1 aliphatic carbocycles. The number of nitrogens with zero attached hydrogens (tertiary/aromatic N) is 1. The molecule has 3 N–H and O–H groups in total. The summed E-state index contributed by atoms with van der Waals surface area (Å²) in [7, 11) is 0. The van der Waals surface area contributed by atoms with E-state index >= 15 is 0 Å². The van der Waals surface area contributed by atoms with Gasteiger partial charge in [-0.25, -0.2) is 18.2 Å². The van der Waals surface area contributed by atoms with Crippen LogP contribution in [0.3, 0.4) is 0 Å². The van der Waals surface area contributed by atoms with Crippen LogP contribution in [0.15, 0.2) is 36.5 Å². The second-order valence-corrected chi connectivity index (χ2v) is 8.70. The van der Waals surface area contributed by atoms with Gasteiger partial charge in [0, 0.05) is 24.2 Å². The van der Waals surface area contributed by atoms with Crippen LogP contribution in [-0.4, -0.2) is 46.5 Å². The minimum Gasteiger partial charge on any atom is -0.347 e. The molecule has 1 aromatic carbocycles. The number of carbonyl (C=O) groups excluding carboxylic acids is 4. The average Bonchev–Trinajstić information content (AvgIpc) is 3.60. The van der Waals surface area contributed by atoms with Crippen LogP contribution in [0.25, 0.3) is 0 Å². The van der Waals surface area contributed by atoms with Gasteiger partial charge in [0.15, 0.2) is 0 Å². The molecule has 0 aliphatic heterocycles. The number of alkyl halides is 2. The quantitative estimate of drug-likeness (QED) is 0.423. The number of hydrogen-bond acceptors (Lipinski definition) is 5. The monoisotopic (exact) mass is 510 g/mol. The molecule has 0 spiro atoms. The second-order valence-electron chi connectivity index (χ2n) is 8.26. The molecule has 1 atom stereocenters. The van der Waals surface area contributed by atoms with Gasteiger partial charge in [-0.3, -0.25) is 19.2 Å². The molecular weight excluding hydrogens is 489 g/mol. The Kier molecular flexibility index (Phi) is 8.11. The third-order valence-corrected chi connectivity index (χ3v) is 5.25. The van der Waals surface area contributed by atoms with Crippen LogP contribution in [0.1, 0.15) is 53.3 Å². The Morgan fingerprint density at radius 2 is 1.89 bits per heavy atom. The highest BCUT2D eigenvalue weighted by Crippen LogP contribution is 2.23. The first-order valence-electron chi connectivity index (χ1n) is 10.7. The molecule has 35 heavy (non-hydrogen) atoms. The predicted octanol–water partition coefficient (Wildman–Crippen LogP) is 3.51. The van der Waals surface area contributed by atoms with Crippen LogP contribution >= 0.6 is 11.6 Å². The number of carbonyl (C=O) groups is 4. The maximum atomic E-state index is 13.5. The predicted molar refractivity (Wildman–Crippen MR) is 121 cm³/mol. The van der Waals surface area contributed by atoms with Gasteiger partial charge < -0.3 is 16.0 Å². The summed E-state index contributed by atoms with van der Waals surface area (Å²) in [6, 6.07) is 4.21. The van der Waals surface area contributed by atoms with Crippen molar-refractivity contribution in [3.05, 3.63) is 58.5 Å². The lowest BCUT2D eigenvalue weighted by Gasteiger charge is -2.20. The van der Waals surface area contributed by atoms with E-state index in [2.05, 4.69) is 20.9 Å². The summed E-state index contributed by atoms with van der Waals surface area (Å²) in [5.41, 5.74) is -0.339. The third kappa shape index (κ3) is 7.78. The van der Waals surface area contributed by atoms with Crippen molar-refractivity contribution in [2.24, 2.45) is 0 Å². The highest BCUT2D eigenvalue weighted by Gasteiger charge is 2.34. The zero-order valence-electron chi connectivity index (χ0n) is 18.5. The second kappa shape index (κ2) is 10.9. The number of aromatic nitrogens is 1. The van der Waals surface area contributed by atoms with E-state index in [1.54, 1.807) is 0 Å². The first-order chi connectivity index (χ1) is 16.4. The van der Waals surface area contributed by atoms with Crippen LogP contribution < -0.4 is 16.0 Å². The van der Waals surface area contributed by atoms with E-state index in [-0.39, 0.29) is 28.0 Å². The Balaban J connectivity index is 1.81. The van der Waals surface area contributed by atoms with Crippen molar-refractivity contribution in [3.63, 3.8) is 0 Å². The van der Waals surface area contributed by atoms with Crippen molar-refractivity contribution in [2.75, 3.05) is 5.32 Å². The van der Waals surface area contributed by atoms with Crippen LogP contribution in [0.5, 0.6) is 0 Å². The number of benzene rings is 1. The lowest BCUT2D eigenvalue weighted by molar-refractivity contribution is -0.139. The first kappa shape index (κ1) is 26.1. The van der Waals surface area contributed by atoms with E-state index in [1.807, 2.05) is 0 Å². The van der Waals surface area contributed by atoms with Crippen molar-refractivity contribution in [2.45, 2.75) is 50.6 Å². The number of rotatable bonds is 10. The number of anilines is 1. The van der Waals surface area contributed by atoms with E-state index in [0.717, 1.165) is 24.4 Å². The molecule has 1 aromatic heterocycles. The molecule has 0 unspecified atom stereocenters. The topological polar surface area (TPSA) is 117 Å². The lowest BCUT2D eigenvalue weighted by atomic mass is 10.0. The van der Waals surface area contributed by atoms with Crippen molar-refractivity contribution in [3.8, 4) is 0 Å². The van der Waals surface area contributed by atoms with Gasteiger partial charge in [0.1, 0.15) is 11.6 Å². The standard InChI is InChI=1S/C23H22ClF3N4O4/c1-23(26,27)8-7-17(18(32)22(35)29-15-5-6-15)30-21(34)16-10-13(24)11-28-19(16)31-20(33)12-3-2-4-14(25)9-12/h2-4,9-11,15,17H,5-8H2,1H3,(H,29,35)(H,30,34)(H,28,31,33)/t17-/m0/s1. The molecule has 1 heterocycles. The SMILES string of the molecule is CC(F)(F)CC[C@H](NC(=O)c1cc(Cl)cnc1NC(=O)c1cccc(F)c1)C(=O)C(=O)NC1CC1. The third-order valence-electron chi connectivity index (χ3n) is 5.05. The van der Waals surface area contributed by atoms with Gasteiger partial charge in [-0.2, -0.15) is 0 Å². The van der Waals surface area contributed by atoms with Crippen molar-refractivity contribution in [1.82, 2.24) is 15.6 Å². The lowest BCUT2D eigenvalue weighted by Crippen LogP contribution is -2.48. The Morgan fingerprint density at radius 1 is 1.17 bits per heavy atom. The zero-order valence-corrected chi connectivity index (χ0v) is 19.3. The summed E-state index contributed by atoms with van der Waals surface area (Å²) in [6.45, 7) is 0.654. The van der Waals surface area contributed by atoms with E-state index in [4.69, 9.17) is 11.6 Å². The van der Waals surface area contributed by atoms with E-state index < -0.39 is 54.1 Å². The average molecular weight is 511 g/mol. The molecule has 12 heteroatoms. The zero-order chi connectivity index (χ0) is 25.8. The Hall–Kier alpha value is -3.47. The highest BCUT2D eigenvalue weighted by atomic mass is 35.5. The molecule has 0 bridgehead atoms. The van der Waals surface area contributed by atoms with Gasteiger partial charge in [0.2, 0.25) is 11.7 Å². The number of Topliss-reactive ketones (excluding diaryl/α,β-unsaturated/α-hetero) is 1. The number of ketones is 1. The summed E-state index contributed by atoms with van der Waals surface area (Å²) in [5, 5.41) is 7.11. The molecule has 1 fully saturated rings. The van der Waals surface area contributed by atoms with Gasteiger partial charge in [-0.05, 0) is 50.5 Å². The van der Waals surface area contributed by atoms with Gasteiger partial charge in [-0.1, -0.05) is 17.7 Å². The van der Waals surface area contributed by atoms with Crippen molar-refractivity contribution >= 4 is 40.9 Å². The number of nitrogens with one attached hydrogen (secondary N) is 3. The number of amides is 3. The maximum absolute atomic E-state index is 13.5. The van der Waals surface area contributed by atoms with E-state index in [0.29, 0.717) is 19.8 Å². The summed E-state index contributed by atoms with van der Waals surface area (Å²) >= 11 is 5.93. The first-order valence-corrected chi connectivity index (χ1v) is 11.1. The van der Waals surface area contributed by atoms with Crippen LogP contribution in [0.4, 0.5) is 19.0 Å². The fourth-order valence-corrected chi connectivity index (χ4v) is 3.22. The van der Waals surface area contributed by atoms with Gasteiger partial charge in [0.05, 0.1) is 16.6 Å². The van der Waals surface area contributed by atoms with Gasteiger partial charge in [0.25, 0.3) is 17.7 Å². The van der Waals surface area contributed by atoms with E-state index in [1.165, 1.54) is 12.1 Å². The molecule has 0 radical (unpaired) electrons. The van der Waals surface area contributed by atoms with Crippen molar-refractivity contribution < 1.29 is 32.3 Å². The minimum atomic E-state index is -3.14. The Labute approximate surface area is 203 Å². The van der Waals surface area contributed by atoms with Crippen LogP contribution in [-0.2, 0) is 9.59 Å². The summed E-state index contributed by atoms with van der Waals surface area (Å²) in [5.74, 6) is -7.88. The molecule has 3 rings (SSSR count). The molecule has 8 nitrogen and oxygen atoms in total. The minimum absolute atomic E-state index is 0.00773. The molecular formula is C23H22ClF3N4O4. The van der Waals surface area contributed by atoms with Crippen LogP contribution in [0.2, 0.25) is 5.02 Å². The number of halogens is 4. The Morgan fingerprint density at radius 3 is 2.51 bits per heavy atom. The van der Waals surface area contributed by atoms with E-state index in [9.17, 15) is 32.3 Å². The summed E-state index contributed by atoms with van der Waals surface area (Å²) < 4.78 is 40.4. The largest absolute Gasteiger partial charge is 0.347 e. The molecule has 3 amide bonds. The number of pyridine rings is 1. The Bertz CT molecular complexity index is 1150. The smallest absolute Gasteiger partial charge is 0.289 e. The van der Waals surface area contributed by atoms with Crippen LogP contribution in [0, 0.1) is 5.82 Å². The summed E-state index contributed by atoms with van der Waals surface area (Å²) in [6.07, 6.45) is 1.27. The van der Waals surface area contributed by atoms with Gasteiger partial charge in [-0.15, -0.1) is 0 Å². The number of hydrogen-bond donors (Lipinski definition) is 3. The fourth-order valence-electron chi connectivity index (χ4n) is 3.07. The molecule has 186 valence electrons. The van der Waals surface area contributed by atoms with Gasteiger partial charge >= 0.3 is 0 Å². The highest BCUT2D eigenvalue weighted by molar-refractivity contribution is 6.38. The summed E-state index contributed by atoms with van der Waals surface area (Å²) in [4.78, 5) is 54.2. The molecule has 0 saturated heterocycles. The maximum Gasteiger partial charge on any atom is 0.289 e.